The van der Waals surface area contributed by atoms with Gasteiger partial charge in [-0.1, -0.05) is 0 Å². The van der Waals surface area contributed by atoms with Crippen molar-refractivity contribution in [2.45, 2.75) is 6.92 Å². The van der Waals surface area contributed by atoms with Gasteiger partial charge in [0.25, 0.3) is 0 Å². The third-order valence-electron chi connectivity index (χ3n) is 4.85. The largest absolute Gasteiger partial charge is 0.494 e. The van der Waals surface area contributed by atoms with Crippen molar-refractivity contribution in [3.8, 4) is 5.75 Å². The predicted molar refractivity (Wildman–Crippen MR) is 125 cm³/mol. The first kappa shape index (κ1) is 21.4. The van der Waals surface area contributed by atoms with E-state index in [1.54, 1.807) is 18.3 Å². The Kier molecular flexibility index (Phi) is 6.98. The Morgan fingerprint density at radius 1 is 1.00 bits per heavy atom. The molecule has 2 heterocycles. The van der Waals surface area contributed by atoms with E-state index in [4.69, 9.17) is 9.47 Å². The predicted octanol–water partition coefficient (Wildman–Crippen LogP) is 4.10. The topological polar surface area (TPSA) is 101 Å². The Hall–Kier alpha value is -3.85. The molecule has 1 aliphatic rings. The smallest absolute Gasteiger partial charge is 0.323 e. The lowest BCUT2D eigenvalue weighted by Gasteiger charge is -2.28. The summed E-state index contributed by atoms with van der Waals surface area (Å²) in [6, 6.07) is 16.2. The maximum absolute atomic E-state index is 12.3. The van der Waals surface area contributed by atoms with Crippen molar-refractivity contribution in [1.29, 1.82) is 0 Å². The first-order chi connectivity index (χ1) is 15.7. The summed E-state index contributed by atoms with van der Waals surface area (Å²) < 4.78 is 10.8. The first-order valence-corrected chi connectivity index (χ1v) is 10.5. The Morgan fingerprint density at radius 3 is 2.28 bits per heavy atom. The van der Waals surface area contributed by atoms with Gasteiger partial charge in [0, 0.05) is 36.2 Å². The molecule has 2 aromatic carbocycles. The Bertz CT molecular complexity index is 1020. The quantitative estimate of drug-likeness (QED) is 0.515. The molecule has 0 spiro atoms. The van der Waals surface area contributed by atoms with Crippen LogP contribution in [0.15, 0.2) is 60.8 Å². The third kappa shape index (κ3) is 5.86. The lowest BCUT2D eigenvalue weighted by Crippen LogP contribution is -2.36. The van der Waals surface area contributed by atoms with Gasteiger partial charge in [0.1, 0.15) is 5.75 Å². The van der Waals surface area contributed by atoms with Gasteiger partial charge in [-0.25, -0.2) is 4.79 Å². The van der Waals surface area contributed by atoms with Crippen LogP contribution >= 0.6 is 0 Å². The third-order valence-corrected chi connectivity index (χ3v) is 4.85. The number of aromatic nitrogens is 2. The van der Waals surface area contributed by atoms with Gasteiger partial charge < -0.3 is 30.3 Å². The van der Waals surface area contributed by atoms with Crippen LogP contribution in [0.3, 0.4) is 0 Å². The summed E-state index contributed by atoms with van der Waals surface area (Å²) >= 11 is 0. The zero-order valence-electron chi connectivity index (χ0n) is 17.9. The summed E-state index contributed by atoms with van der Waals surface area (Å²) in [7, 11) is 0. The monoisotopic (exact) mass is 434 g/mol. The summed E-state index contributed by atoms with van der Waals surface area (Å²) in [6.45, 7) is 5.63. The zero-order valence-corrected chi connectivity index (χ0v) is 17.9. The maximum atomic E-state index is 12.3. The number of nitrogens with one attached hydrogen (secondary N) is 3. The molecule has 0 saturated carbocycles. The SMILES string of the molecule is CCOc1ccc(NC(=O)Nc2ccc(Nc3cc(N4CCOCC4)cnn3)cc2)cc1. The maximum Gasteiger partial charge on any atom is 0.323 e. The molecular formula is C23H26N6O3. The summed E-state index contributed by atoms with van der Waals surface area (Å²) in [5.41, 5.74) is 3.21. The summed E-state index contributed by atoms with van der Waals surface area (Å²) in [5.74, 6) is 1.42. The molecule has 1 saturated heterocycles. The van der Waals surface area contributed by atoms with Crippen molar-refractivity contribution in [3.63, 3.8) is 0 Å². The number of hydrogen-bond donors (Lipinski definition) is 3. The second-order valence-corrected chi connectivity index (χ2v) is 7.14. The van der Waals surface area contributed by atoms with Gasteiger partial charge in [-0.15, -0.1) is 5.10 Å². The van der Waals surface area contributed by atoms with Crippen molar-refractivity contribution in [2.75, 3.05) is 53.8 Å². The van der Waals surface area contributed by atoms with Gasteiger partial charge in [-0.2, -0.15) is 5.10 Å². The van der Waals surface area contributed by atoms with Crippen LogP contribution < -0.4 is 25.6 Å². The molecule has 0 atom stereocenters. The molecule has 0 aliphatic carbocycles. The number of nitrogens with zero attached hydrogens (tertiary/aromatic N) is 3. The highest BCUT2D eigenvalue weighted by Gasteiger charge is 2.12. The van der Waals surface area contributed by atoms with E-state index in [1.807, 2.05) is 49.4 Å². The van der Waals surface area contributed by atoms with E-state index in [1.165, 1.54) is 0 Å². The minimum Gasteiger partial charge on any atom is -0.494 e. The minimum absolute atomic E-state index is 0.320. The van der Waals surface area contributed by atoms with Crippen LogP contribution in [0.4, 0.5) is 33.4 Å². The number of rotatable bonds is 7. The fourth-order valence-corrected chi connectivity index (χ4v) is 3.29. The summed E-state index contributed by atoms with van der Waals surface area (Å²) in [4.78, 5) is 14.5. The van der Waals surface area contributed by atoms with E-state index < -0.39 is 0 Å². The molecule has 1 aliphatic heterocycles. The lowest BCUT2D eigenvalue weighted by molar-refractivity contribution is 0.122. The first-order valence-electron chi connectivity index (χ1n) is 10.5. The summed E-state index contributed by atoms with van der Waals surface area (Å²) in [6.07, 6.45) is 1.76. The molecule has 0 bridgehead atoms. The van der Waals surface area contributed by atoms with Crippen LogP contribution in [0.25, 0.3) is 0 Å². The molecule has 0 radical (unpaired) electrons. The Balaban J connectivity index is 1.31. The van der Waals surface area contributed by atoms with Crippen molar-refractivity contribution in [3.05, 3.63) is 60.8 Å². The van der Waals surface area contributed by atoms with Crippen molar-refractivity contribution >= 4 is 34.6 Å². The highest BCUT2D eigenvalue weighted by molar-refractivity contribution is 5.99. The van der Waals surface area contributed by atoms with Gasteiger partial charge >= 0.3 is 6.03 Å². The summed E-state index contributed by atoms with van der Waals surface area (Å²) in [5, 5.41) is 17.1. The molecular weight excluding hydrogens is 408 g/mol. The lowest BCUT2D eigenvalue weighted by atomic mass is 10.2. The van der Waals surface area contributed by atoms with Gasteiger partial charge in [0.2, 0.25) is 0 Å². The Morgan fingerprint density at radius 2 is 1.62 bits per heavy atom. The molecule has 1 fully saturated rings. The molecule has 4 rings (SSSR count). The van der Waals surface area contributed by atoms with Crippen molar-refractivity contribution in [2.24, 2.45) is 0 Å². The molecule has 3 N–H and O–H groups in total. The van der Waals surface area contributed by atoms with E-state index in [2.05, 4.69) is 31.0 Å². The van der Waals surface area contributed by atoms with E-state index in [-0.39, 0.29) is 6.03 Å². The molecule has 32 heavy (non-hydrogen) atoms. The number of amides is 2. The number of morpholine rings is 1. The van der Waals surface area contributed by atoms with E-state index in [0.717, 1.165) is 30.2 Å². The van der Waals surface area contributed by atoms with Crippen LogP contribution in [0, 0.1) is 0 Å². The van der Waals surface area contributed by atoms with Gasteiger partial charge in [0.15, 0.2) is 5.82 Å². The fraction of sp³-hybridized carbons (Fsp3) is 0.261. The van der Waals surface area contributed by atoms with Crippen LogP contribution in [-0.2, 0) is 4.74 Å². The van der Waals surface area contributed by atoms with Crippen LogP contribution in [0.2, 0.25) is 0 Å². The Labute approximate surface area is 186 Å². The zero-order chi connectivity index (χ0) is 22.2. The van der Waals surface area contributed by atoms with Crippen LogP contribution in [-0.4, -0.2) is 49.1 Å². The standard InChI is InChI=1S/C23H26N6O3/c1-2-32-21-9-7-19(8-10-21)27-23(30)26-18-5-3-17(4-6-18)25-22-15-20(16-24-28-22)29-11-13-31-14-12-29/h3-10,15-16H,2,11-14H2,1H3,(H,25,28)(H2,26,27,30). The number of hydrogen-bond acceptors (Lipinski definition) is 7. The number of urea groups is 1. The minimum atomic E-state index is -0.320. The molecule has 3 aromatic rings. The number of anilines is 5. The van der Waals surface area contributed by atoms with E-state index in [9.17, 15) is 4.79 Å². The molecule has 0 unspecified atom stereocenters. The highest BCUT2D eigenvalue weighted by Crippen LogP contribution is 2.22. The molecule has 9 heteroatoms. The van der Waals surface area contributed by atoms with Gasteiger partial charge in [-0.05, 0) is 55.5 Å². The van der Waals surface area contributed by atoms with Crippen LogP contribution in [0.5, 0.6) is 5.75 Å². The highest BCUT2D eigenvalue weighted by atomic mass is 16.5. The average molecular weight is 435 g/mol. The number of benzene rings is 2. The van der Waals surface area contributed by atoms with Crippen LogP contribution in [0.1, 0.15) is 6.92 Å². The second-order valence-electron chi connectivity index (χ2n) is 7.14. The fourth-order valence-electron chi connectivity index (χ4n) is 3.29. The number of ether oxygens (including phenoxy) is 2. The van der Waals surface area contributed by atoms with Crippen molar-refractivity contribution in [1.82, 2.24) is 10.2 Å². The normalized spacial score (nSPS) is 13.3. The average Bonchev–Trinajstić information content (AvgIpc) is 2.83. The molecule has 166 valence electrons. The molecule has 2 amide bonds. The number of carbonyl (C=O) groups is 1. The van der Waals surface area contributed by atoms with E-state index in [0.29, 0.717) is 37.0 Å². The second kappa shape index (κ2) is 10.5. The van der Waals surface area contributed by atoms with Crippen molar-refractivity contribution < 1.29 is 14.3 Å². The van der Waals surface area contributed by atoms with Gasteiger partial charge in [0.05, 0.1) is 31.7 Å². The molecule has 9 nitrogen and oxygen atoms in total. The molecule has 1 aromatic heterocycles. The number of carbonyl (C=O) groups excluding carboxylic acids is 1. The van der Waals surface area contributed by atoms with Gasteiger partial charge in [-0.3, -0.25) is 0 Å². The van der Waals surface area contributed by atoms with E-state index >= 15 is 0 Å².